The van der Waals surface area contributed by atoms with E-state index >= 15 is 0 Å². The molecule has 2 saturated carbocycles. The zero-order valence-corrected chi connectivity index (χ0v) is 13.4. The Morgan fingerprint density at radius 3 is 2.30 bits per heavy atom. The molecule has 0 amide bonds. The molecule has 2 N–H and O–H groups in total. The topological polar surface area (TPSA) is 61.6 Å². The van der Waals surface area contributed by atoms with Crippen LogP contribution < -0.4 is 5.73 Å². The average molecular weight is 306 g/mol. The summed E-state index contributed by atoms with van der Waals surface area (Å²) in [6.45, 7) is 4.42. The smallest absolute Gasteiger partial charge is 0.322 e. The first-order valence-electron chi connectivity index (χ1n) is 7.65. The molecule has 2 rings (SSSR count). The van der Waals surface area contributed by atoms with Gasteiger partial charge in [0.2, 0.25) is 0 Å². The van der Waals surface area contributed by atoms with Gasteiger partial charge in [-0.2, -0.15) is 0 Å². The third-order valence-corrected chi connectivity index (χ3v) is 4.22. The van der Waals surface area contributed by atoms with Gasteiger partial charge in [0.25, 0.3) is 0 Å². The molecular formula is C15H28ClNO3. The number of halogens is 1. The Morgan fingerprint density at radius 2 is 1.80 bits per heavy atom. The molecule has 0 bridgehead atoms. The molecule has 0 radical (unpaired) electrons. The van der Waals surface area contributed by atoms with E-state index in [1.54, 1.807) is 6.92 Å². The fourth-order valence-electron chi connectivity index (χ4n) is 2.83. The van der Waals surface area contributed by atoms with Crippen molar-refractivity contribution in [1.82, 2.24) is 0 Å². The summed E-state index contributed by atoms with van der Waals surface area (Å²) >= 11 is 0. The molecule has 2 fully saturated rings. The van der Waals surface area contributed by atoms with Gasteiger partial charge in [-0.15, -0.1) is 12.4 Å². The molecule has 0 aliphatic heterocycles. The Bertz CT molecular complexity index is 301. The highest BCUT2D eigenvalue weighted by Gasteiger charge is 2.34. The van der Waals surface area contributed by atoms with Crippen LogP contribution >= 0.6 is 12.4 Å². The van der Waals surface area contributed by atoms with Gasteiger partial charge >= 0.3 is 5.97 Å². The minimum atomic E-state index is -0.560. The molecule has 3 atom stereocenters. The third-order valence-electron chi connectivity index (χ3n) is 4.22. The minimum absolute atomic E-state index is 0. The van der Waals surface area contributed by atoms with Crippen molar-refractivity contribution in [3.8, 4) is 0 Å². The molecule has 0 heterocycles. The SMILES string of the molecule is C[C@H](N)C(=O)O[C@@H](C)[C@H](OCC1CC1)C1CCCC1.Cl. The molecule has 5 heteroatoms. The maximum Gasteiger partial charge on any atom is 0.322 e. The Kier molecular flexibility index (Phi) is 7.27. The summed E-state index contributed by atoms with van der Waals surface area (Å²) in [6, 6.07) is -0.560. The van der Waals surface area contributed by atoms with Crippen LogP contribution in [-0.4, -0.2) is 30.8 Å². The van der Waals surface area contributed by atoms with Crippen molar-refractivity contribution < 1.29 is 14.3 Å². The van der Waals surface area contributed by atoms with Gasteiger partial charge in [0.05, 0.1) is 6.10 Å². The van der Waals surface area contributed by atoms with Crippen LogP contribution in [0.1, 0.15) is 52.4 Å². The number of hydrogen-bond acceptors (Lipinski definition) is 4. The molecule has 0 unspecified atom stereocenters. The quantitative estimate of drug-likeness (QED) is 0.735. The molecule has 118 valence electrons. The highest BCUT2D eigenvalue weighted by molar-refractivity contribution is 5.85. The summed E-state index contributed by atoms with van der Waals surface area (Å²) in [5.74, 6) is 0.945. The van der Waals surface area contributed by atoms with Gasteiger partial charge in [-0.1, -0.05) is 12.8 Å². The fraction of sp³-hybridized carbons (Fsp3) is 0.933. The van der Waals surface area contributed by atoms with Crippen LogP contribution in [0.3, 0.4) is 0 Å². The monoisotopic (exact) mass is 305 g/mol. The highest BCUT2D eigenvalue weighted by Crippen LogP contribution is 2.34. The normalized spacial score (nSPS) is 23.8. The third kappa shape index (κ3) is 5.23. The van der Waals surface area contributed by atoms with E-state index in [9.17, 15) is 4.79 Å². The van der Waals surface area contributed by atoms with E-state index in [2.05, 4.69) is 0 Å². The number of carbonyl (C=O) groups is 1. The predicted molar refractivity (Wildman–Crippen MR) is 80.9 cm³/mol. The van der Waals surface area contributed by atoms with Gasteiger partial charge < -0.3 is 15.2 Å². The molecule has 20 heavy (non-hydrogen) atoms. The molecule has 4 nitrogen and oxygen atoms in total. The van der Waals surface area contributed by atoms with Crippen LogP contribution in [0.25, 0.3) is 0 Å². The fourth-order valence-corrected chi connectivity index (χ4v) is 2.83. The Morgan fingerprint density at radius 1 is 1.20 bits per heavy atom. The number of nitrogens with two attached hydrogens (primary N) is 1. The van der Waals surface area contributed by atoms with Crippen molar-refractivity contribution in [2.45, 2.75) is 70.6 Å². The van der Waals surface area contributed by atoms with Crippen molar-refractivity contribution >= 4 is 18.4 Å². The first-order chi connectivity index (χ1) is 9.08. The van der Waals surface area contributed by atoms with Gasteiger partial charge in [-0.3, -0.25) is 4.79 Å². The van der Waals surface area contributed by atoms with Crippen LogP contribution in [0.4, 0.5) is 0 Å². The average Bonchev–Trinajstić information content (AvgIpc) is 3.03. The van der Waals surface area contributed by atoms with E-state index < -0.39 is 6.04 Å². The zero-order valence-electron chi connectivity index (χ0n) is 12.5. The maximum atomic E-state index is 11.6. The van der Waals surface area contributed by atoms with Gasteiger partial charge in [0.15, 0.2) is 0 Å². The van der Waals surface area contributed by atoms with Gasteiger partial charge in [-0.25, -0.2) is 0 Å². The van der Waals surface area contributed by atoms with Gasteiger partial charge in [-0.05, 0) is 51.4 Å². The molecule has 0 aromatic rings. The van der Waals surface area contributed by atoms with E-state index in [0.717, 1.165) is 12.5 Å². The van der Waals surface area contributed by atoms with Crippen molar-refractivity contribution in [1.29, 1.82) is 0 Å². The lowest BCUT2D eigenvalue weighted by Gasteiger charge is -2.29. The second-order valence-corrected chi connectivity index (χ2v) is 6.22. The van der Waals surface area contributed by atoms with E-state index in [1.165, 1.54) is 38.5 Å². The summed E-state index contributed by atoms with van der Waals surface area (Å²) in [5.41, 5.74) is 5.55. The number of carbonyl (C=O) groups excluding carboxylic acids is 1. The Balaban J connectivity index is 0.00000200. The number of rotatable bonds is 7. The molecule has 2 aliphatic rings. The zero-order chi connectivity index (χ0) is 13.8. The van der Waals surface area contributed by atoms with Crippen LogP contribution in [0.5, 0.6) is 0 Å². The van der Waals surface area contributed by atoms with E-state index in [-0.39, 0.29) is 30.6 Å². The Hall–Kier alpha value is -0.320. The maximum absolute atomic E-state index is 11.6. The lowest BCUT2D eigenvalue weighted by Crippen LogP contribution is -2.40. The molecule has 0 saturated heterocycles. The first kappa shape index (κ1) is 17.7. The summed E-state index contributed by atoms with van der Waals surface area (Å²) in [4.78, 5) is 11.6. The van der Waals surface area contributed by atoms with E-state index in [0.29, 0.717) is 5.92 Å². The van der Waals surface area contributed by atoms with Crippen molar-refractivity contribution in [2.75, 3.05) is 6.61 Å². The summed E-state index contributed by atoms with van der Waals surface area (Å²) in [5, 5.41) is 0. The van der Waals surface area contributed by atoms with Crippen LogP contribution in [-0.2, 0) is 14.3 Å². The number of ether oxygens (including phenoxy) is 2. The Labute approximate surface area is 128 Å². The summed E-state index contributed by atoms with van der Waals surface area (Å²) in [6.07, 6.45) is 7.33. The van der Waals surface area contributed by atoms with Crippen molar-refractivity contribution in [2.24, 2.45) is 17.6 Å². The standard InChI is InChI=1S/C15H27NO3.ClH/c1-10(16)15(17)19-11(2)14(13-5-3-4-6-13)18-9-12-7-8-12;/h10-14H,3-9,16H2,1-2H3;1H/t10-,11-,14-;/m0./s1. The van der Waals surface area contributed by atoms with Gasteiger partial charge in [0.1, 0.15) is 12.1 Å². The minimum Gasteiger partial charge on any atom is -0.459 e. The molecular weight excluding hydrogens is 278 g/mol. The lowest BCUT2D eigenvalue weighted by molar-refractivity contribution is -0.160. The number of esters is 1. The predicted octanol–water partition coefficient (Wildman–Crippen LogP) is 2.67. The summed E-state index contributed by atoms with van der Waals surface area (Å²) < 4.78 is 11.5. The summed E-state index contributed by atoms with van der Waals surface area (Å²) in [7, 11) is 0. The van der Waals surface area contributed by atoms with Gasteiger partial charge in [0, 0.05) is 6.61 Å². The molecule has 0 aromatic carbocycles. The van der Waals surface area contributed by atoms with Crippen LogP contribution in [0, 0.1) is 11.8 Å². The molecule has 2 aliphatic carbocycles. The first-order valence-corrected chi connectivity index (χ1v) is 7.65. The largest absolute Gasteiger partial charge is 0.459 e. The van der Waals surface area contributed by atoms with Crippen molar-refractivity contribution in [3.63, 3.8) is 0 Å². The molecule has 0 spiro atoms. The number of hydrogen-bond donors (Lipinski definition) is 1. The second kappa shape index (κ2) is 8.20. The van der Waals surface area contributed by atoms with E-state index in [1.807, 2.05) is 6.92 Å². The van der Waals surface area contributed by atoms with E-state index in [4.69, 9.17) is 15.2 Å². The van der Waals surface area contributed by atoms with Crippen LogP contribution in [0.15, 0.2) is 0 Å². The lowest BCUT2D eigenvalue weighted by atomic mass is 9.96. The highest BCUT2D eigenvalue weighted by atomic mass is 35.5. The van der Waals surface area contributed by atoms with Crippen LogP contribution in [0.2, 0.25) is 0 Å². The molecule has 0 aromatic heterocycles. The second-order valence-electron chi connectivity index (χ2n) is 6.22. The van der Waals surface area contributed by atoms with Crippen molar-refractivity contribution in [3.05, 3.63) is 0 Å².